The number of rotatable bonds is 6. The van der Waals surface area contributed by atoms with Crippen molar-refractivity contribution in [2.24, 2.45) is 11.7 Å². The predicted octanol–water partition coefficient (Wildman–Crippen LogP) is 5.01. The van der Waals surface area contributed by atoms with E-state index in [2.05, 4.69) is 20.5 Å². The number of amides is 3. The Balaban J connectivity index is 1.37. The largest absolute Gasteiger partial charge is 0.457 e. The van der Waals surface area contributed by atoms with Crippen molar-refractivity contribution in [2.75, 3.05) is 28.6 Å². The van der Waals surface area contributed by atoms with Gasteiger partial charge in [0.25, 0.3) is 0 Å². The number of nitrogens with one attached hydrogen (secondary N) is 2. The van der Waals surface area contributed by atoms with Crippen LogP contribution < -0.4 is 26.0 Å². The number of anilines is 3. The van der Waals surface area contributed by atoms with Crippen LogP contribution >= 0.6 is 11.6 Å². The fourth-order valence-corrected chi connectivity index (χ4v) is 3.86. The van der Waals surface area contributed by atoms with E-state index in [1.54, 1.807) is 30.5 Å². The van der Waals surface area contributed by atoms with Crippen molar-refractivity contribution < 1.29 is 18.7 Å². The van der Waals surface area contributed by atoms with E-state index < -0.39 is 11.8 Å². The maximum absolute atomic E-state index is 13.0. The van der Waals surface area contributed by atoms with E-state index in [9.17, 15) is 14.0 Å². The van der Waals surface area contributed by atoms with Gasteiger partial charge in [0.05, 0.1) is 10.7 Å². The number of nitrogens with two attached hydrogens (primary N) is 1. The van der Waals surface area contributed by atoms with Crippen molar-refractivity contribution in [2.45, 2.75) is 12.8 Å². The van der Waals surface area contributed by atoms with E-state index in [4.69, 9.17) is 22.1 Å². The lowest BCUT2D eigenvalue weighted by Crippen LogP contribution is -2.38. The maximum atomic E-state index is 13.0. The molecule has 3 amide bonds. The molecule has 0 saturated carbocycles. The lowest BCUT2D eigenvalue weighted by Gasteiger charge is -2.31. The quantitative estimate of drug-likeness (QED) is 0.456. The number of aromatic nitrogens is 1. The number of benzene rings is 2. The van der Waals surface area contributed by atoms with Gasteiger partial charge in [-0.1, -0.05) is 11.6 Å². The summed E-state index contributed by atoms with van der Waals surface area (Å²) in [5.74, 6) is 1.07. The molecular formula is C24H23ClFN5O3. The first-order chi connectivity index (χ1) is 16.4. The van der Waals surface area contributed by atoms with Gasteiger partial charge in [-0.25, -0.2) is 14.2 Å². The van der Waals surface area contributed by atoms with Crippen LogP contribution in [0.3, 0.4) is 0 Å². The number of halogens is 2. The van der Waals surface area contributed by atoms with Gasteiger partial charge in [-0.15, -0.1) is 0 Å². The highest BCUT2D eigenvalue weighted by Crippen LogP contribution is 2.31. The molecule has 4 N–H and O–H groups in total. The van der Waals surface area contributed by atoms with Crippen LogP contribution in [0.2, 0.25) is 5.02 Å². The number of hydrogen-bond donors (Lipinski definition) is 3. The third-order valence-corrected chi connectivity index (χ3v) is 5.78. The minimum Gasteiger partial charge on any atom is -0.457 e. The van der Waals surface area contributed by atoms with Gasteiger partial charge < -0.3 is 26.0 Å². The zero-order chi connectivity index (χ0) is 24.1. The van der Waals surface area contributed by atoms with Crippen molar-refractivity contribution in [3.05, 3.63) is 71.6 Å². The fourth-order valence-electron chi connectivity index (χ4n) is 3.64. The Morgan fingerprint density at radius 1 is 1.03 bits per heavy atom. The molecule has 3 aromatic rings. The fraction of sp³-hybridized carbons (Fsp3) is 0.208. The Labute approximate surface area is 200 Å². The van der Waals surface area contributed by atoms with Crippen LogP contribution in [0.1, 0.15) is 12.8 Å². The number of carbonyl (C=O) groups is 2. The molecule has 10 heteroatoms. The highest BCUT2D eigenvalue weighted by atomic mass is 35.5. The second-order valence-electron chi connectivity index (χ2n) is 7.84. The number of primary amides is 1. The van der Waals surface area contributed by atoms with Crippen LogP contribution in [0.5, 0.6) is 11.5 Å². The van der Waals surface area contributed by atoms with Crippen molar-refractivity contribution in [1.82, 2.24) is 4.98 Å². The van der Waals surface area contributed by atoms with E-state index >= 15 is 0 Å². The molecule has 4 rings (SSSR count). The molecule has 0 aliphatic carbocycles. The summed E-state index contributed by atoms with van der Waals surface area (Å²) in [5.41, 5.74) is 6.24. The van der Waals surface area contributed by atoms with Gasteiger partial charge in [0.15, 0.2) is 0 Å². The first-order valence-corrected chi connectivity index (χ1v) is 11.1. The molecule has 1 aliphatic rings. The average molecular weight is 484 g/mol. The number of pyridine rings is 1. The molecule has 0 atom stereocenters. The number of carbonyl (C=O) groups excluding carboxylic acids is 2. The number of nitrogens with zero attached hydrogens (tertiary/aromatic N) is 2. The summed E-state index contributed by atoms with van der Waals surface area (Å²) < 4.78 is 18.9. The third kappa shape index (κ3) is 5.93. The molecule has 34 heavy (non-hydrogen) atoms. The monoisotopic (exact) mass is 483 g/mol. The van der Waals surface area contributed by atoms with Crippen molar-refractivity contribution in [3.8, 4) is 11.5 Å². The molecule has 1 aliphatic heterocycles. The summed E-state index contributed by atoms with van der Waals surface area (Å²) in [6.07, 6.45) is 3.05. The number of piperidine rings is 1. The first-order valence-electron chi connectivity index (χ1n) is 10.7. The summed E-state index contributed by atoms with van der Waals surface area (Å²) in [6, 6.07) is 13.3. The van der Waals surface area contributed by atoms with Gasteiger partial charge in [0, 0.05) is 43.0 Å². The van der Waals surface area contributed by atoms with Crippen LogP contribution in [-0.2, 0) is 4.79 Å². The van der Waals surface area contributed by atoms with E-state index in [1.807, 2.05) is 6.07 Å². The van der Waals surface area contributed by atoms with Gasteiger partial charge in [-0.3, -0.25) is 4.79 Å². The smallest absolute Gasteiger partial charge is 0.323 e. The number of ether oxygens (including phenoxy) is 1. The maximum Gasteiger partial charge on any atom is 0.323 e. The minimum absolute atomic E-state index is 0.0947. The minimum atomic E-state index is -0.513. The van der Waals surface area contributed by atoms with Crippen LogP contribution in [0.15, 0.2) is 60.8 Å². The molecule has 8 nitrogen and oxygen atoms in total. The van der Waals surface area contributed by atoms with Gasteiger partial charge in [0.2, 0.25) is 5.91 Å². The Bertz CT molecular complexity index is 1180. The predicted molar refractivity (Wildman–Crippen MR) is 129 cm³/mol. The van der Waals surface area contributed by atoms with E-state index in [-0.39, 0.29) is 16.8 Å². The summed E-state index contributed by atoms with van der Waals surface area (Å²) in [4.78, 5) is 30.1. The lowest BCUT2D eigenvalue weighted by atomic mass is 9.96. The van der Waals surface area contributed by atoms with Crippen LogP contribution in [0, 0.1) is 11.7 Å². The van der Waals surface area contributed by atoms with Crippen LogP contribution in [0.4, 0.5) is 26.4 Å². The third-order valence-electron chi connectivity index (χ3n) is 5.46. The van der Waals surface area contributed by atoms with Gasteiger partial charge in [-0.2, -0.15) is 0 Å². The molecule has 1 saturated heterocycles. The van der Waals surface area contributed by atoms with E-state index in [0.717, 1.165) is 5.82 Å². The average Bonchev–Trinajstić information content (AvgIpc) is 2.82. The van der Waals surface area contributed by atoms with Crippen LogP contribution in [-0.4, -0.2) is 30.0 Å². The molecule has 0 bridgehead atoms. The number of urea groups is 1. The Hall–Kier alpha value is -3.85. The standard InChI is InChI=1S/C24H23ClFN5O3/c25-20-13-18(5-6-21(20)30-24(33)29-17-3-1-16(26)2-4-17)34-19-7-10-28-22(14-19)31-11-8-15(9-12-31)23(27)32/h1-7,10,13-15H,8-9,11-12H2,(H2,27,32)(H2,29,30,33). The zero-order valence-electron chi connectivity index (χ0n) is 18.1. The van der Waals surface area contributed by atoms with Crippen molar-refractivity contribution in [3.63, 3.8) is 0 Å². The summed E-state index contributed by atoms with van der Waals surface area (Å²) in [6.45, 7) is 1.38. The van der Waals surface area contributed by atoms with Crippen molar-refractivity contribution >= 4 is 40.7 Å². The topological polar surface area (TPSA) is 110 Å². The Morgan fingerprint density at radius 3 is 2.41 bits per heavy atom. The Morgan fingerprint density at radius 2 is 1.74 bits per heavy atom. The number of hydrogen-bond acceptors (Lipinski definition) is 5. The highest BCUT2D eigenvalue weighted by molar-refractivity contribution is 6.34. The second kappa shape index (κ2) is 10.4. The van der Waals surface area contributed by atoms with Crippen LogP contribution in [0.25, 0.3) is 0 Å². The molecule has 1 fully saturated rings. The van der Waals surface area contributed by atoms with Gasteiger partial charge in [0.1, 0.15) is 23.1 Å². The normalized spacial score (nSPS) is 13.9. The first kappa shape index (κ1) is 23.3. The second-order valence-corrected chi connectivity index (χ2v) is 8.25. The van der Waals surface area contributed by atoms with E-state index in [0.29, 0.717) is 48.8 Å². The zero-order valence-corrected chi connectivity index (χ0v) is 18.9. The summed E-state index contributed by atoms with van der Waals surface area (Å²) in [7, 11) is 0. The highest BCUT2D eigenvalue weighted by Gasteiger charge is 2.24. The molecular weight excluding hydrogens is 461 g/mol. The molecule has 0 radical (unpaired) electrons. The SMILES string of the molecule is NC(=O)C1CCN(c2cc(Oc3ccc(NC(=O)Nc4ccc(F)cc4)c(Cl)c3)ccn2)CC1. The summed E-state index contributed by atoms with van der Waals surface area (Å²) >= 11 is 6.33. The Kier molecular flexibility index (Phi) is 7.12. The van der Waals surface area contributed by atoms with Gasteiger partial charge >= 0.3 is 6.03 Å². The lowest BCUT2D eigenvalue weighted by molar-refractivity contribution is -0.122. The van der Waals surface area contributed by atoms with Gasteiger partial charge in [-0.05, 0) is 55.3 Å². The van der Waals surface area contributed by atoms with E-state index in [1.165, 1.54) is 24.3 Å². The molecule has 2 heterocycles. The molecule has 2 aromatic carbocycles. The summed E-state index contributed by atoms with van der Waals surface area (Å²) in [5, 5.41) is 5.54. The van der Waals surface area contributed by atoms with Crippen molar-refractivity contribution in [1.29, 1.82) is 0 Å². The molecule has 0 unspecified atom stereocenters. The molecule has 176 valence electrons. The molecule has 1 aromatic heterocycles. The molecule has 0 spiro atoms.